The predicted octanol–water partition coefficient (Wildman–Crippen LogP) is 3.70. The Labute approximate surface area is 122 Å². The molecule has 2 unspecified atom stereocenters. The quantitative estimate of drug-likeness (QED) is 0.832. The molecule has 3 N–H and O–H groups in total. The highest BCUT2D eigenvalue weighted by Gasteiger charge is 2.15. The first kappa shape index (κ1) is 16.7. The summed E-state index contributed by atoms with van der Waals surface area (Å²) in [5.41, 5.74) is 10.2. The number of amides is 1. The number of hydrogen-bond donors (Lipinski definition) is 2. The number of hydrogen-bond acceptors (Lipinski definition) is 2. The monoisotopic (exact) mass is 276 g/mol. The van der Waals surface area contributed by atoms with E-state index in [1.165, 1.54) is 5.56 Å². The highest BCUT2D eigenvalue weighted by atomic mass is 16.1. The fourth-order valence-electron chi connectivity index (χ4n) is 2.50. The number of anilines is 1. The van der Waals surface area contributed by atoms with Crippen LogP contribution in [0.15, 0.2) is 12.1 Å². The summed E-state index contributed by atoms with van der Waals surface area (Å²) in [6.07, 6.45) is 2.86. The zero-order chi connectivity index (χ0) is 15.3. The number of carbonyl (C=O) groups is 1. The van der Waals surface area contributed by atoms with Crippen molar-refractivity contribution in [3.05, 3.63) is 28.8 Å². The third kappa shape index (κ3) is 4.97. The molecule has 1 aromatic carbocycles. The molecule has 0 saturated heterocycles. The first-order valence-electron chi connectivity index (χ1n) is 7.45. The van der Waals surface area contributed by atoms with E-state index in [0.29, 0.717) is 0 Å². The molecule has 3 heteroatoms. The van der Waals surface area contributed by atoms with Gasteiger partial charge in [0.2, 0.25) is 5.91 Å². The summed E-state index contributed by atoms with van der Waals surface area (Å²) in [6, 6.07) is 4.42. The molecule has 0 spiro atoms. The molecular weight excluding hydrogens is 248 g/mol. The molecule has 0 aromatic heterocycles. The summed E-state index contributed by atoms with van der Waals surface area (Å²) < 4.78 is 0. The zero-order valence-electron chi connectivity index (χ0n) is 13.4. The van der Waals surface area contributed by atoms with Gasteiger partial charge in [0, 0.05) is 17.6 Å². The second kappa shape index (κ2) is 7.44. The molecule has 2 atom stereocenters. The fraction of sp³-hybridized carbons (Fsp3) is 0.588. The molecule has 3 nitrogen and oxygen atoms in total. The van der Waals surface area contributed by atoms with Crippen molar-refractivity contribution in [1.29, 1.82) is 0 Å². The van der Waals surface area contributed by atoms with Crippen molar-refractivity contribution in [2.45, 2.75) is 59.9 Å². The molecule has 0 heterocycles. The summed E-state index contributed by atoms with van der Waals surface area (Å²) in [6.45, 7) is 10.1. The van der Waals surface area contributed by atoms with Crippen LogP contribution in [-0.2, 0) is 4.79 Å². The Morgan fingerprint density at radius 1 is 1.15 bits per heavy atom. The van der Waals surface area contributed by atoms with E-state index >= 15 is 0 Å². The minimum absolute atomic E-state index is 0.0221. The number of rotatable bonds is 6. The lowest BCUT2D eigenvalue weighted by Gasteiger charge is -2.16. The molecule has 112 valence electrons. The van der Waals surface area contributed by atoms with E-state index in [4.69, 9.17) is 5.73 Å². The van der Waals surface area contributed by atoms with E-state index in [1.54, 1.807) is 0 Å². The van der Waals surface area contributed by atoms with Gasteiger partial charge >= 0.3 is 0 Å². The van der Waals surface area contributed by atoms with Crippen LogP contribution in [-0.4, -0.2) is 11.9 Å². The van der Waals surface area contributed by atoms with Crippen LogP contribution in [0.5, 0.6) is 0 Å². The Balaban J connectivity index is 2.62. The Kier molecular flexibility index (Phi) is 6.21. The lowest BCUT2D eigenvalue weighted by Crippen LogP contribution is -2.22. The number of nitrogens with two attached hydrogens (primary N) is 1. The lowest BCUT2D eigenvalue weighted by atomic mass is 10.00. The first-order valence-corrected chi connectivity index (χ1v) is 7.45. The van der Waals surface area contributed by atoms with Gasteiger partial charge in [-0.3, -0.25) is 4.79 Å². The molecule has 0 aliphatic rings. The van der Waals surface area contributed by atoms with Crippen molar-refractivity contribution in [2.75, 3.05) is 5.32 Å². The number of carbonyl (C=O) groups excluding carboxylic acids is 1. The minimum Gasteiger partial charge on any atom is -0.328 e. The van der Waals surface area contributed by atoms with Crippen LogP contribution < -0.4 is 11.1 Å². The van der Waals surface area contributed by atoms with Gasteiger partial charge in [0.05, 0.1) is 0 Å². The average molecular weight is 276 g/mol. The topological polar surface area (TPSA) is 55.1 Å². The molecule has 20 heavy (non-hydrogen) atoms. The van der Waals surface area contributed by atoms with Crippen LogP contribution in [0.4, 0.5) is 5.69 Å². The molecule has 0 aliphatic carbocycles. The van der Waals surface area contributed by atoms with Crippen LogP contribution in [0.1, 0.15) is 49.8 Å². The number of nitrogens with one attached hydrogen (secondary N) is 1. The van der Waals surface area contributed by atoms with Gasteiger partial charge in [0.1, 0.15) is 0 Å². The fourth-order valence-corrected chi connectivity index (χ4v) is 2.50. The smallest absolute Gasteiger partial charge is 0.227 e. The largest absolute Gasteiger partial charge is 0.328 e. The van der Waals surface area contributed by atoms with Crippen molar-refractivity contribution in [2.24, 2.45) is 11.7 Å². The third-order valence-corrected chi connectivity index (χ3v) is 3.67. The second-order valence-corrected chi connectivity index (χ2v) is 6.07. The molecule has 1 aromatic rings. The first-order chi connectivity index (χ1) is 9.31. The summed E-state index contributed by atoms with van der Waals surface area (Å²) in [5.74, 6) is 0.124. The molecule has 0 saturated carbocycles. The van der Waals surface area contributed by atoms with E-state index in [-0.39, 0.29) is 17.9 Å². The normalized spacial score (nSPS) is 13.9. The van der Waals surface area contributed by atoms with Gasteiger partial charge in [-0.25, -0.2) is 0 Å². The molecule has 0 radical (unpaired) electrons. The Hall–Kier alpha value is -1.35. The molecule has 1 rings (SSSR count). The summed E-state index contributed by atoms with van der Waals surface area (Å²) in [7, 11) is 0. The van der Waals surface area contributed by atoms with Crippen LogP contribution in [0.3, 0.4) is 0 Å². The van der Waals surface area contributed by atoms with Crippen LogP contribution in [0, 0.1) is 26.7 Å². The Bertz CT molecular complexity index is 443. The maximum atomic E-state index is 12.2. The Morgan fingerprint density at radius 3 is 2.20 bits per heavy atom. The van der Waals surface area contributed by atoms with Gasteiger partial charge in [-0.05, 0) is 51.7 Å². The predicted molar refractivity (Wildman–Crippen MR) is 85.9 cm³/mol. The second-order valence-electron chi connectivity index (χ2n) is 6.07. The maximum Gasteiger partial charge on any atom is 0.227 e. The summed E-state index contributed by atoms with van der Waals surface area (Å²) >= 11 is 0. The van der Waals surface area contributed by atoms with Crippen LogP contribution in [0.25, 0.3) is 0 Å². The molecule has 0 fully saturated rings. The Morgan fingerprint density at radius 2 is 1.70 bits per heavy atom. The number of benzene rings is 1. The van der Waals surface area contributed by atoms with Gasteiger partial charge in [0.25, 0.3) is 0 Å². The van der Waals surface area contributed by atoms with Gasteiger partial charge in [-0.1, -0.05) is 31.0 Å². The van der Waals surface area contributed by atoms with E-state index in [9.17, 15) is 4.79 Å². The van der Waals surface area contributed by atoms with Crippen LogP contribution >= 0.6 is 0 Å². The maximum absolute atomic E-state index is 12.2. The van der Waals surface area contributed by atoms with Crippen LogP contribution in [0.2, 0.25) is 0 Å². The van der Waals surface area contributed by atoms with Crippen molar-refractivity contribution in [3.63, 3.8) is 0 Å². The highest BCUT2D eigenvalue weighted by molar-refractivity contribution is 5.93. The third-order valence-electron chi connectivity index (χ3n) is 3.67. The van der Waals surface area contributed by atoms with Crippen molar-refractivity contribution in [3.8, 4) is 0 Å². The SMILES string of the molecule is Cc1cc(C)c(NC(=O)C(C)CCCC(C)N)c(C)c1. The average Bonchev–Trinajstić information content (AvgIpc) is 2.32. The van der Waals surface area contributed by atoms with E-state index in [1.807, 2.05) is 27.7 Å². The van der Waals surface area contributed by atoms with Gasteiger partial charge in [-0.2, -0.15) is 0 Å². The molecular formula is C17H28N2O. The standard InChI is InChI=1S/C17H28N2O/c1-11-9-13(3)16(14(4)10-11)19-17(20)12(2)7-6-8-15(5)18/h9-10,12,15H,6-8,18H2,1-5H3,(H,19,20). The molecule has 0 aliphatic heterocycles. The molecule has 0 bridgehead atoms. The summed E-state index contributed by atoms with van der Waals surface area (Å²) in [5, 5.41) is 3.07. The highest BCUT2D eigenvalue weighted by Crippen LogP contribution is 2.23. The van der Waals surface area contributed by atoms with E-state index in [0.717, 1.165) is 36.1 Å². The van der Waals surface area contributed by atoms with Crippen molar-refractivity contribution in [1.82, 2.24) is 0 Å². The van der Waals surface area contributed by atoms with Gasteiger partial charge < -0.3 is 11.1 Å². The molecule has 1 amide bonds. The minimum atomic E-state index is 0.0221. The summed E-state index contributed by atoms with van der Waals surface area (Å²) in [4.78, 5) is 12.2. The van der Waals surface area contributed by atoms with Crippen molar-refractivity contribution >= 4 is 11.6 Å². The van der Waals surface area contributed by atoms with E-state index in [2.05, 4.69) is 24.4 Å². The van der Waals surface area contributed by atoms with E-state index < -0.39 is 0 Å². The number of aryl methyl sites for hydroxylation is 3. The van der Waals surface area contributed by atoms with Crippen molar-refractivity contribution < 1.29 is 4.79 Å². The lowest BCUT2D eigenvalue weighted by molar-refractivity contribution is -0.119. The zero-order valence-corrected chi connectivity index (χ0v) is 13.4. The van der Waals surface area contributed by atoms with Gasteiger partial charge in [0.15, 0.2) is 0 Å². The van der Waals surface area contributed by atoms with Gasteiger partial charge in [-0.15, -0.1) is 0 Å².